The summed E-state index contributed by atoms with van der Waals surface area (Å²) in [6.45, 7) is 12.5. The minimum atomic E-state index is -0.462. The van der Waals surface area contributed by atoms with Crippen molar-refractivity contribution in [2.24, 2.45) is 40.9 Å². The number of aromatic nitrogens is 5. The van der Waals surface area contributed by atoms with E-state index in [2.05, 4.69) is 102 Å². The van der Waals surface area contributed by atoms with E-state index in [9.17, 15) is 39.8 Å². The van der Waals surface area contributed by atoms with Gasteiger partial charge in [0.05, 0.1) is 70.4 Å². The highest BCUT2D eigenvalue weighted by molar-refractivity contribution is 7.16. The first-order valence-electron chi connectivity index (χ1n) is 36.7. The Kier molecular flexibility index (Phi) is 25.6. The van der Waals surface area contributed by atoms with Crippen LogP contribution in [-0.4, -0.2) is 69.1 Å². The number of aromatic hydroxyl groups is 3. The van der Waals surface area contributed by atoms with Crippen molar-refractivity contribution in [1.29, 1.82) is 10.5 Å². The Labute approximate surface area is 710 Å². The van der Waals surface area contributed by atoms with Crippen molar-refractivity contribution >= 4 is 195 Å². The van der Waals surface area contributed by atoms with E-state index in [-0.39, 0.29) is 62.7 Å². The van der Waals surface area contributed by atoms with E-state index < -0.39 is 17.7 Å². The lowest BCUT2D eigenvalue weighted by Gasteiger charge is -2.13. The predicted molar refractivity (Wildman–Crippen MR) is 475 cm³/mol. The molecule has 32 heteroatoms. The molecule has 0 aliphatic rings. The van der Waals surface area contributed by atoms with Gasteiger partial charge in [0.2, 0.25) is 10.8 Å². The third-order valence-electron chi connectivity index (χ3n) is 18.3. The molecule has 0 unspecified atom stereocenters. The summed E-state index contributed by atoms with van der Waals surface area (Å²) in [4.78, 5) is 63.6. The maximum atomic E-state index is 13.0. The van der Waals surface area contributed by atoms with Crippen LogP contribution in [0.25, 0.3) is 58.8 Å². The number of pyridine rings is 1. The average Bonchev–Trinajstić information content (AvgIpc) is 0.860. The molecule has 0 saturated carbocycles. The van der Waals surface area contributed by atoms with E-state index in [1.807, 2.05) is 152 Å². The van der Waals surface area contributed by atoms with Crippen LogP contribution >= 0.6 is 45.9 Å². The zero-order valence-electron chi connectivity index (χ0n) is 64.5. The zero-order chi connectivity index (χ0) is 85.2. The quantitative estimate of drug-likeness (QED) is 0.0329. The van der Waals surface area contributed by atoms with Crippen LogP contribution < -0.4 is 26.0 Å². The van der Waals surface area contributed by atoms with Crippen molar-refractivity contribution in [3.05, 3.63) is 322 Å². The Morgan fingerprint density at radius 1 is 0.418 bits per heavy atom. The number of para-hydroxylation sites is 3. The Bertz CT molecular complexity index is 7120. The molecule has 594 valence electrons. The first-order chi connectivity index (χ1) is 59.5. The molecular formula is C90H62N20O8S4. The molecule has 12 aromatic carbocycles. The smallest absolute Gasteiger partial charge is 0.259 e. The van der Waals surface area contributed by atoms with Crippen LogP contribution in [0, 0.1) is 50.0 Å². The number of phenols is 3. The molecule has 0 spiro atoms. The number of anilines is 4. The van der Waals surface area contributed by atoms with Gasteiger partial charge in [-0.3, -0.25) is 24.2 Å². The summed E-state index contributed by atoms with van der Waals surface area (Å²) >= 11 is 4.49. The van der Waals surface area contributed by atoms with Gasteiger partial charge in [0.25, 0.3) is 23.6 Å². The molecule has 17 rings (SSSR count). The summed E-state index contributed by atoms with van der Waals surface area (Å²) in [5, 5.41) is 105. The van der Waals surface area contributed by atoms with Crippen molar-refractivity contribution in [2.45, 2.75) is 20.8 Å². The molecule has 0 bridgehead atoms. The van der Waals surface area contributed by atoms with Gasteiger partial charge in [0, 0.05) is 50.2 Å². The van der Waals surface area contributed by atoms with Crippen molar-refractivity contribution in [3.63, 3.8) is 0 Å². The van der Waals surface area contributed by atoms with Crippen LogP contribution in [-0.2, 0) is 0 Å². The number of phenolic OH excluding ortho intramolecular Hbond substituents is 3. The molecular weight excluding hydrogens is 1620 g/mol. The summed E-state index contributed by atoms with van der Waals surface area (Å²) in [5.74, 6) is -2.20. The fourth-order valence-corrected chi connectivity index (χ4v) is 15.0. The predicted octanol–water partition coefficient (Wildman–Crippen LogP) is 24.7. The third-order valence-corrected chi connectivity index (χ3v) is 21.6. The molecule has 28 nitrogen and oxygen atoms in total. The van der Waals surface area contributed by atoms with Crippen molar-refractivity contribution < 1.29 is 39.2 Å². The molecule has 0 aliphatic carbocycles. The maximum Gasteiger partial charge on any atom is 0.259 e. The van der Waals surface area contributed by atoms with Gasteiger partial charge in [-0.25, -0.2) is 14.2 Å². The van der Waals surface area contributed by atoms with E-state index in [4.69, 9.17) is 16.6 Å². The van der Waals surface area contributed by atoms with Gasteiger partial charge in [0.1, 0.15) is 45.3 Å². The normalized spacial score (nSPS) is 11.0. The Hall–Kier alpha value is -16.4. The highest BCUT2D eigenvalue weighted by atomic mass is 32.1. The summed E-state index contributed by atoms with van der Waals surface area (Å²) in [6.07, 6.45) is 3.18. The van der Waals surface area contributed by atoms with E-state index in [1.165, 1.54) is 18.6 Å². The number of ether oxygens (including phenoxy) is 1. The third kappa shape index (κ3) is 18.7. The molecule has 7 N–H and O–H groups in total. The second-order valence-corrected chi connectivity index (χ2v) is 29.4. The van der Waals surface area contributed by atoms with Crippen LogP contribution in [0.2, 0.25) is 0 Å². The lowest BCUT2D eigenvalue weighted by atomic mass is 10.0. The SMILES string of the molecule is COc1c(C(=O)Nc2cccnc2)cc2ccccc2c1N=Nc1snc(C)c1C#N.Cc1nc(N=Nc2c(O)c(C(=O)Nc3ccccc3)cc3ccccc23)sc1C#N.O=C(Nc1ccccc1)c1cc2ccccc2c(N=Nc2snc3ccccc23)c1O.[C-]#[N+]c1c(C)nsc1N=Nc1c(O)c(C(=O)Nc2ccccc2)cc2ccccc12. The number of rotatable bonds is 17. The minimum absolute atomic E-state index is 0.0809. The number of fused-ring (bicyclic) bond motifs is 5. The summed E-state index contributed by atoms with van der Waals surface area (Å²) in [6, 6.07) is 78.4. The average molecular weight is 1680 g/mol. The lowest BCUT2D eigenvalue weighted by molar-refractivity contribution is 0.101. The number of aryl methyl sites for hydroxylation is 3. The number of carbonyl (C=O) groups excluding carboxylic acids is 4. The Morgan fingerprint density at radius 3 is 1.26 bits per heavy atom. The van der Waals surface area contributed by atoms with Gasteiger partial charge in [-0.1, -0.05) is 175 Å². The Balaban J connectivity index is 0.000000133. The molecule has 0 fully saturated rings. The van der Waals surface area contributed by atoms with Gasteiger partial charge in [-0.2, -0.15) is 19.3 Å². The number of azo groups is 4. The molecule has 0 saturated heterocycles. The molecule has 4 amide bonds. The minimum Gasteiger partial charge on any atom is -0.505 e. The second-order valence-electron chi connectivity index (χ2n) is 26.1. The van der Waals surface area contributed by atoms with Crippen LogP contribution in [0.15, 0.2) is 302 Å². The number of methoxy groups -OCH3 is 1. The van der Waals surface area contributed by atoms with Gasteiger partial charge in [-0.15, -0.1) is 40.9 Å². The van der Waals surface area contributed by atoms with Crippen LogP contribution in [0.1, 0.15) is 69.0 Å². The van der Waals surface area contributed by atoms with Crippen LogP contribution in [0.5, 0.6) is 23.0 Å². The Morgan fingerprint density at radius 2 is 0.803 bits per heavy atom. The molecule has 0 radical (unpaired) electrons. The van der Waals surface area contributed by atoms with Gasteiger partial charge in [0.15, 0.2) is 38.0 Å². The summed E-state index contributed by atoms with van der Waals surface area (Å²) in [7, 11) is 1.47. The van der Waals surface area contributed by atoms with E-state index in [0.29, 0.717) is 104 Å². The number of hydrogen-bond donors (Lipinski definition) is 7. The van der Waals surface area contributed by atoms with Gasteiger partial charge in [-0.05, 0) is 162 Å². The molecule has 122 heavy (non-hydrogen) atoms. The lowest BCUT2D eigenvalue weighted by Crippen LogP contribution is -2.13. The van der Waals surface area contributed by atoms with Crippen LogP contribution in [0.4, 0.5) is 71.3 Å². The molecule has 0 aliphatic heterocycles. The first kappa shape index (κ1) is 82.1. The largest absolute Gasteiger partial charge is 0.505 e. The van der Waals surface area contributed by atoms with E-state index in [1.54, 1.807) is 130 Å². The van der Waals surface area contributed by atoms with Crippen LogP contribution in [0.3, 0.4) is 0 Å². The summed E-state index contributed by atoms with van der Waals surface area (Å²) < 4.78 is 18.2. The van der Waals surface area contributed by atoms with Crippen molar-refractivity contribution in [1.82, 2.24) is 23.1 Å². The number of carbonyl (C=O) groups is 4. The number of hydrogen-bond acceptors (Lipinski definition) is 27. The zero-order valence-corrected chi connectivity index (χ0v) is 67.8. The topological polar surface area (TPSA) is 402 Å². The maximum absolute atomic E-state index is 13.0. The first-order valence-corrected chi connectivity index (χ1v) is 39.8. The molecule has 5 heterocycles. The fourth-order valence-electron chi connectivity index (χ4n) is 12.3. The summed E-state index contributed by atoms with van der Waals surface area (Å²) in [5.41, 5.74) is 7.27. The second kappa shape index (κ2) is 38.1. The van der Waals surface area contributed by atoms with Crippen molar-refractivity contribution in [2.75, 3.05) is 28.4 Å². The number of nitrogens with zero attached hydrogens (tertiary/aromatic N) is 16. The standard InChI is InChI=1S/C24H16N4O2S.C22H16N6O2S.2C22H15N5O2S/c29-22-19(23(30)25-16-9-2-1-3-10-16)14-15-8-4-5-11-17(15)21(22)26-27-24-18-12-6-7-13-20(18)28-31-24;1-13-18(11-23)22(31-28-13)27-26-19-16-8-4-3-6-14(16)10-17(20(19)30-2)21(29)25-15-7-5-9-24-12-15;1-13-18(23-2)22(30-27-13)26-25-19-16-11-7-6-8-14(16)12-17(20(19)28)21(29)24-15-9-4-3-5-10-15;1-13-18(12-23)30-22(24-13)27-26-19-16-10-6-5-7-14(16)11-17(20(19)28)21(29)25-15-8-3-2-4-9-15/h1-14,29H,(H,25,30);3-10,12H,1-2H3,(H,25,29);3-12,28H,1H3,(H,24,29);2-11,28H,1H3,(H,25,29). The monoisotopic (exact) mass is 1680 g/mol. The van der Waals surface area contributed by atoms with Gasteiger partial charge >= 0.3 is 0 Å². The van der Waals surface area contributed by atoms with E-state index in [0.717, 1.165) is 72.2 Å². The number of nitriles is 2. The number of nitrogens with one attached hydrogen (secondary N) is 4. The molecule has 17 aromatic rings. The molecule has 0 atom stereocenters. The van der Waals surface area contributed by atoms with Crippen molar-refractivity contribution in [3.8, 4) is 35.1 Å². The molecule has 5 aromatic heterocycles. The number of amides is 4. The fraction of sp³-hybridized carbons (Fsp3) is 0.0444. The van der Waals surface area contributed by atoms with Gasteiger partial charge < -0.3 is 41.3 Å². The van der Waals surface area contributed by atoms with E-state index >= 15 is 0 Å². The number of benzene rings is 12. The highest BCUT2D eigenvalue weighted by Gasteiger charge is 2.25. The number of thiazole rings is 1. The highest BCUT2D eigenvalue weighted by Crippen LogP contribution is 2.47.